The van der Waals surface area contributed by atoms with Gasteiger partial charge in [-0.3, -0.25) is 0 Å². The van der Waals surface area contributed by atoms with Crippen molar-refractivity contribution >= 4 is 15.9 Å². The normalized spacial score (nSPS) is 12.8. The Morgan fingerprint density at radius 3 is 2.81 bits per heavy atom. The van der Waals surface area contributed by atoms with E-state index in [-0.39, 0.29) is 5.82 Å². The molecular weight excluding hydrogens is 269 g/mol. The van der Waals surface area contributed by atoms with E-state index in [2.05, 4.69) is 35.1 Å². The molecule has 0 bridgehead atoms. The van der Waals surface area contributed by atoms with Crippen LogP contribution in [0.4, 0.5) is 4.39 Å². The van der Waals surface area contributed by atoms with Gasteiger partial charge in [0, 0.05) is 10.5 Å². The lowest BCUT2D eigenvalue weighted by Gasteiger charge is -2.13. The summed E-state index contributed by atoms with van der Waals surface area (Å²) in [5.74, 6) is -0.187. The standard InChI is InChI=1S/C13H19BrFN/c1-3-8-16-10(2)4-5-11-6-7-12(15)9-13(11)14/h6-7,9-10,16H,3-5,8H2,1-2H3. The van der Waals surface area contributed by atoms with Crippen molar-refractivity contribution in [1.82, 2.24) is 5.32 Å². The topological polar surface area (TPSA) is 12.0 Å². The molecule has 0 aliphatic heterocycles. The van der Waals surface area contributed by atoms with Crippen LogP contribution in [0.1, 0.15) is 32.3 Å². The minimum Gasteiger partial charge on any atom is -0.314 e. The van der Waals surface area contributed by atoms with E-state index in [0.717, 1.165) is 30.3 Å². The molecule has 0 aromatic heterocycles. The van der Waals surface area contributed by atoms with Crippen molar-refractivity contribution in [3.8, 4) is 0 Å². The fraction of sp³-hybridized carbons (Fsp3) is 0.538. The summed E-state index contributed by atoms with van der Waals surface area (Å²) in [6.45, 7) is 5.41. The first kappa shape index (κ1) is 13.7. The van der Waals surface area contributed by atoms with Gasteiger partial charge in [0.1, 0.15) is 5.82 Å². The molecule has 1 rings (SSSR count). The molecule has 1 aromatic carbocycles. The Balaban J connectivity index is 2.42. The fourth-order valence-electron chi connectivity index (χ4n) is 1.59. The number of benzene rings is 1. The van der Waals surface area contributed by atoms with Crippen LogP contribution < -0.4 is 5.32 Å². The third kappa shape index (κ3) is 4.62. The Labute approximate surface area is 106 Å². The van der Waals surface area contributed by atoms with Crippen molar-refractivity contribution in [1.29, 1.82) is 0 Å². The van der Waals surface area contributed by atoms with Crippen molar-refractivity contribution < 1.29 is 4.39 Å². The van der Waals surface area contributed by atoms with Crippen LogP contribution in [0.3, 0.4) is 0 Å². The van der Waals surface area contributed by atoms with Gasteiger partial charge in [0.2, 0.25) is 0 Å². The van der Waals surface area contributed by atoms with Crippen molar-refractivity contribution in [2.45, 2.75) is 39.2 Å². The Kier molecular flexibility index (Phi) is 5.99. The summed E-state index contributed by atoms with van der Waals surface area (Å²) < 4.78 is 13.7. The molecule has 0 radical (unpaired) electrons. The van der Waals surface area contributed by atoms with Gasteiger partial charge < -0.3 is 5.32 Å². The first-order valence-electron chi connectivity index (χ1n) is 5.80. The highest BCUT2D eigenvalue weighted by Gasteiger charge is 2.05. The molecule has 1 aromatic rings. The zero-order valence-corrected chi connectivity index (χ0v) is 11.5. The number of hydrogen-bond acceptors (Lipinski definition) is 1. The van der Waals surface area contributed by atoms with E-state index in [1.54, 1.807) is 0 Å². The van der Waals surface area contributed by atoms with Crippen LogP contribution in [0, 0.1) is 5.82 Å². The Morgan fingerprint density at radius 1 is 1.44 bits per heavy atom. The number of hydrogen-bond donors (Lipinski definition) is 1. The largest absolute Gasteiger partial charge is 0.314 e. The monoisotopic (exact) mass is 287 g/mol. The molecule has 0 aliphatic rings. The Hall–Kier alpha value is -0.410. The third-order valence-corrected chi connectivity index (χ3v) is 3.34. The van der Waals surface area contributed by atoms with Crippen LogP contribution >= 0.6 is 15.9 Å². The van der Waals surface area contributed by atoms with Gasteiger partial charge in [-0.2, -0.15) is 0 Å². The van der Waals surface area contributed by atoms with Gasteiger partial charge in [0.25, 0.3) is 0 Å². The van der Waals surface area contributed by atoms with E-state index in [0.29, 0.717) is 6.04 Å². The summed E-state index contributed by atoms with van der Waals surface area (Å²) in [6.07, 6.45) is 3.20. The van der Waals surface area contributed by atoms with Crippen LogP contribution in [0.5, 0.6) is 0 Å². The maximum atomic E-state index is 12.9. The van der Waals surface area contributed by atoms with E-state index in [1.807, 2.05) is 6.07 Å². The van der Waals surface area contributed by atoms with Gasteiger partial charge in [-0.1, -0.05) is 28.9 Å². The Bertz CT molecular complexity index is 328. The molecule has 1 N–H and O–H groups in total. The second-order valence-corrected chi connectivity index (χ2v) is 4.98. The third-order valence-electron chi connectivity index (χ3n) is 2.60. The summed E-state index contributed by atoms with van der Waals surface area (Å²) in [7, 11) is 0. The van der Waals surface area contributed by atoms with E-state index >= 15 is 0 Å². The number of nitrogens with one attached hydrogen (secondary N) is 1. The van der Waals surface area contributed by atoms with E-state index < -0.39 is 0 Å². The van der Waals surface area contributed by atoms with Gasteiger partial charge in [0.05, 0.1) is 0 Å². The van der Waals surface area contributed by atoms with Crippen LogP contribution in [-0.4, -0.2) is 12.6 Å². The Morgan fingerprint density at radius 2 is 2.19 bits per heavy atom. The van der Waals surface area contributed by atoms with E-state index in [1.165, 1.54) is 17.7 Å². The minimum absolute atomic E-state index is 0.187. The quantitative estimate of drug-likeness (QED) is 0.837. The zero-order chi connectivity index (χ0) is 12.0. The molecule has 1 nitrogen and oxygen atoms in total. The van der Waals surface area contributed by atoms with Crippen molar-refractivity contribution in [2.75, 3.05) is 6.54 Å². The second kappa shape index (κ2) is 7.02. The SMILES string of the molecule is CCCNC(C)CCc1ccc(F)cc1Br. The predicted octanol–water partition coefficient (Wildman–Crippen LogP) is 3.91. The predicted molar refractivity (Wildman–Crippen MR) is 70.2 cm³/mol. The zero-order valence-electron chi connectivity index (χ0n) is 9.89. The first-order valence-corrected chi connectivity index (χ1v) is 6.60. The molecule has 90 valence electrons. The van der Waals surface area contributed by atoms with Crippen molar-refractivity contribution in [3.05, 3.63) is 34.1 Å². The molecule has 0 heterocycles. The number of halogens is 2. The van der Waals surface area contributed by atoms with Gasteiger partial charge >= 0.3 is 0 Å². The van der Waals surface area contributed by atoms with Crippen LogP contribution in [0.2, 0.25) is 0 Å². The van der Waals surface area contributed by atoms with Crippen molar-refractivity contribution in [3.63, 3.8) is 0 Å². The summed E-state index contributed by atoms with van der Waals surface area (Å²) in [6, 6.07) is 5.41. The maximum absolute atomic E-state index is 12.9. The lowest BCUT2D eigenvalue weighted by atomic mass is 10.1. The van der Waals surface area contributed by atoms with Gasteiger partial charge in [-0.25, -0.2) is 4.39 Å². The smallest absolute Gasteiger partial charge is 0.124 e. The molecule has 1 atom stereocenters. The maximum Gasteiger partial charge on any atom is 0.124 e. The summed E-state index contributed by atoms with van der Waals surface area (Å²) >= 11 is 3.39. The highest BCUT2D eigenvalue weighted by molar-refractivity contribution is 9.10. The highest BCUT2D eigenvalue weighted by Crippen LogP contribution is 2.19. The molecule has 0 aliphatic carbocycles. The van der Waals surface area contributed by atoms with Gasteiger partial charge in [-0.15, -0.1) is 0 Å². The summed E-state index contributed by atoms with van der Waals surface area (Å²) in [5.41, 5.74) is 1.17. The van der Waals surface area contributed by atoms with Crippen LogP contribution in [0.15, 0.2) is 22.7 Å². The van der Waals surface area contributed by atoms with E-state index in [4.69, 9.17) is 0 Å². The first-order chi connectivity index (χ1) is 7.63. The van der Waals surface area contributed by atoms with Crippen LogP contribution in [-0.2, 0) is 6.42 Å². The second-order valence-electron chi connectivity index (χ2n) is 4.13. The molecule has 0 fully saturated rings. The summed E-state index contributed by atoms with van der Waals surface area (Å²) in [4.78, 5) is 0. The molecule has 0 spiro atoms. The summed E-state index contributed by atoms with van der Waals surface area (Å²) in [5, 5.41) is 3.44. The molecule has 16 heavy (non-hydrogen) atoms. The van der Waals surface area contributed by atoms with Gasteiger partial charge in [0.15, 0.2) is 0 Å². The lowest BCUT2D eigenvalue weighted by molar-refractivity contribution is 0.513. The molecule has 0 amide bonds. The average Bonchev–Trinajstić information content (AvgIpc) is 2.25. The highest BCUT2D eigenvalue weighted by atomic mass is 79.9. The number of rotatable bonds is 6. The molecule has 3 heteroatoms. The van der Waals surface area contributed by atoms with Crippen LogP contribution in [0.25, 0.3) is 0 Å². The molecule has 0 saturated heterocycles. The molecule has 0 saturated carbocycles. The van der Waals surface area contributed by atoms with Crippen molar-refractivity contribution in [2.24, 2.45) is 0 Å². The average molecular weight is 288 g/mol. The number of aryl methyl sites for hydroxylation is 1. The minimum atomic E-state index is -0.187. The fourth-order valence-corrected chi connectivity index (χ4v) is 2.14. The molecule has 1 unspecified atom stereocenters. The lowest BCUT2D eigenvalue weighted by Crippen LogP contribution is -2.27. The molecular formula is C13H19BrFN. The van der Waals surface area contributed by atoms with E-state index in [9.17, 15) is 4.39 Å². The van der Waals surface area contributed by atoms with Gasteiger partial charge in [-0.05, 0) is 50.4 Å².